The number of carbonyl (C=O) groups is 2. The number of rotatable bonds is 4. The summed E-state index contributed by atoms with van der Waals surface area (Å²) >= 11 is 3.25. The topological polar surface area (TPSA) is 71.3 Å². The highest BCUT2D eigenvalue weighted by atomic mass is 79.9. The van der Waals surface area contributed by atoms with Crippen molar-refractivity contribution in [3.8, 4) is 0 Å². The molecule has 5 nitrogen and oxygen atoms in total. The molecule has 0 spiro atoms. The summed E-state index contributed by atoms with van der Waals surface area (Å²) in [7, 11) is 0. The van der Waals surface area contributed by atoms with Crippen molar-refractivity contribution in [2.24, 2.45) is 0 Å². The number of nitrogens with zero attached hydrogens (tertiary/aromatic N) is 1. The lowest BCUT2D eigenvalue weighted by molar-refractivity contribution is 0.0698. The zero-order valence-electron chi connectivity index (χ0n) is 13.8. The van der Waals surface area contributed by atoms with Gasteiger partial charge >= 0.3 is 5.97 Å². The van der Waals surface area contributed by atoms with Gasteiger partial charge < -0.3 is 15.0 Å². The molecule has 1 amide bonds. The predicted octanol–water partition coefficient (Wildman–Crippen LogP) is 4.94. The second kappa shape index (κ2) is 6.72. The monoisotopic (exact) mass is 400 g/mol. The van der Waals surface area contributed by atoms with Crippen LogP contribution < -0.4 is 5.32 Å². The number of carboxylic acids is 1. The highest BCUT2D eigenvalue weighted by Crippen LogP contribution is 2.26. The van der Waals surface area contributed by atoms with Gasteiger partial charge in [-0.15, -0.1) is 0 Å². The van der Waals surface area contributed by atoms with E-state index < -0.39 is 5.97 Å². The third-order valence-corrected chi connectivity index (χ3v) is 4.45. The van der Waals surface area contributed by atoms with E-state index in [2.05, 4.69) is 21.2 Å². The molecule has 1 heterocycles. The normalized spacial score (nSPS) is 11.0. The summed E-state index contributed by atoms with van der Waals surface area (Å²) in [5, 5.41) is 13.1. The van der Waals surface area contributed by atoms with E-state index in [1.807, 2.05) is 48.7 Å². The molecule has 0 aliphatic rings. The number of aromatic carboxylic acids is 1. The van der Waals surface area contributed by atoms with Crippen molar-refractivity contribution in [2.45, 2.75) is 19.9 Å². The number of fused-ring (bicyclic) bond motifs is 1. The lowest BCUT2D eigenvalue weighted by Gasteiger charge is -2.15. The van der Waals surface area contributed by atoms with Crippen LogP contribution in [0.15, 0.2) is 53.0 Å². The average Bonchev–Trinajstić information content (AvgIpc) is 2.96. The van der Waals surface area contributed by atoms with Crippen molar-refractivity contribution in [1.29, 1.82) is 0 Å². The predicted molar refractivity (Wildman–Crippen MR) is 101 cm³/mol. The van der Waals surface area contributed by atoms with Crippen LogP contribution in [0.2, 0.25) is 0 Å². The minimum absolute atomic E-state index is 0.0370. The number of amides is 1. The Bertz CT molecular complexity index is 976. The molecule has 2 N–H and O–H groups in total. The molecule has 128 valence electrons. The van der Waals surface area contributed by atoms with Gasteiger partial charge in [-0.1, -0.05) is 34.1 Å². The number of aromatic nitrogens is 1. The number of carbonyl (C=O) groups excluding carboxylic acids is 1. The van der Waals surface area contributed by atoms with Gasteiger partial charge in [-0.2, -0.15) is 0 Å². The maximum absolute atomic E-state index is 12.8. The van der Waals surface area contributed by atoms with Crippen LogP contribution in [0.1, 0.15) is 40.7 Å². The lowest BCUT2D eigenvalue weighted by Crippen LogP contribution is -2.19. The Morgan fingerprint density at radius 2 is 1.84 bits per heavy atom. The first kappa shape index (κ1) is 17.2. The van der Waals surface area contributed by atoms with Crippen LogP contribution in [0.25, 0.3) is 10.9 Å². The molecular formula is C19H17BrN2O3. The van der Waals surface area contributed by atoms with Crippen LogP contribution in [0, 0.1) is 0 Å². The summed E-state index contributed by atoms with van der Waals surface area (Å²) in [6.07, 6.45) is 0. The van der Waals surface area contributed by atoms with E-state index in [4.69, 9.17) is 0 Å². The van der Waals surface area contributed by atoms with Gasteiger partial charge in [-0.05, 0) is 44.2 Å². The van der Waals surface area contributed by atoms with E-state index in [9.17, 15) is 14.7 Å². The van der Waals surface area contributed by atoms with Crippen molar-refractivity contribution in [1.82, 2.24) is 4.57 Å². The van der Waals surface area contributed by atoms with Gasteiger partial charge in [0, 0.05) is 21.4 Å². The van der Waals surface area contributed by atoms with E-state index in [0.29, 0.717) is 10.2 Å². The summed E-state index contributed by atoms with van der Waals surface area (Å²) in [6, 6.07) is 14.4. The molecule has 6 heteroatoms. The number of para-hydroxylation sites is 1. The molecular weight excluding hydrogens is 384 g/mol. The summed E-state index contributed by atoms with van der Waals surface area (Å²) in [5.41, 5.74) is 1.77. The van der Waals surface area contributed by atoms with Gasteiger partial charge in [0.15, 0.2) is 0 Å². The number of nitrogens with one attached hydrogen (secondary N) is 1. The molecule has 0 saturated carbocycles. The maximum atomic E-state index is 12.8. The molecule has 0 saturated heterocycles. The van der Waals surface area contributed by atoms with Crippen LogP contribution in [-0.2, 0) is 0 Å². The molecule has 0 fully saturated rings. The van der Waals surface area contributed by atoms with E-state index in [-0.39, 0.29) is 23.2 Å². The van der Waals surface area contributed by atoms with Crippen molar-refractivity contribution < 1.29 is 14.7 Å². The fourth-order valence-corrected chi connectivity index (χ4v) is 3.26. The summed E-state index contributed by atoms with van der Waals surface area (Å²) in [5.74, 6) is -1.43. The van der Waals surface area contributed by atoms with Gasteiger partial charge in [0.2, 0.25) is 0 Å². The van der Waals surface area contributed by atoms with Crippen LogP contribution in [0.5, 0.6) is 0 Å². The number of hydrogen-bond donors (Lipinski definition) is 2. The Morgan fingerprint density at radius 3 is 2.52 bits per heavy atom. The van der Waals surface area contributed by atoms with Crippen molar-refractivity contribution >= 4 is 44.4 Å². The molecule has 0 radical (unpaired) electrons. The Morgan fingerprint density at radius 1 is 1.12 bits per heavy atom. The number of carboxylic acid groups (broad SMARTS) is 1. The second-order valence-corrected chi connectivity index (χ2v) is 6.92. The number of benzene rings is 2. The highest BCUT2D eigenvalue weighted by molar-refractivity contribution is 9.10. The van der Waals surface area contributed by atoms with Crippen molar-refractivity contribution in [2.75, 3.05) is 5.32 Å². The zero-order chi connectivity index (χ0) is 18.1. The zero-order valence-corrected chi connectivity index (χ0v) is 15.4. The Labute approximate surface area is 153 Å². The lowest BCUT2D eigenvalue weighted by atomic mass is 10.1. The summed E-state index contributed by atoms with van der Waals surface area (Å²) in [6.45, 7) is 4.01. The van der Waals surface area contributed by atoms with E-state index in [1.54, 1.807) is 12.1 Å². The molecule has 1 aromatic heterocycles. The van der Waals surface area contributed by atoms with Gasteiger partial charge in [0.1, 0.15) is 5.69 Å². The van der Waals surface area contributed by atoms with Gasteiger partial charge in [-0.25, -0.2) is 4.79 Å². The summed E-state index contributed by atoms with van der Waals surface area (Å²) < 4.78 is 2.59. The van der Waals surface area contributed by atoms with Gasteiger partial charge in [0.05, 0.1) is 11.3 Å². The molecule has 3 rings (SSSR count). The standard InChI is InChI=1S/C19H17BrN2O3/c1-11(2)22-16-6-4-3-5-12(16)9-17(22)18(23)21-15-8-7-13(20)10-14(15)19(24)25/h3-11H,1-2H3,(H,21,23)(H,24,25). The number of hydrogen-bond acceptors (Lipinski definition) is 2. The molecule has 0 bridgehead atoms. The first-order valence-corrected chi connectivity index (χ1v) is 8.62. The smallest absolute Gasteiger partial charge is 0.337 e. The third kappa shape index (κ3) is 3.30. The molecule has 0 unspecified atom stereocenters. The molecule has 0 atom stereocenters. The number of halogens is 1. The Hall–Kier alpha value is -2.60. The van der Waals surface area contributed by atoms with Crippen LogP contribution in [0.3, 0.4) is 0 Å². The van der Waals surface area contributed by atoms with Crippen molar-refractivity contribution in [3.63, 3.8) is 0 Å². The summed E-state index contributed by atoms with van der Waals surface area (Å²) in [4.78, 5) is 24.3. The quantitative estimate of drug-likeness (QED) is 0.651. The Balaban J connectivity index is 2.04. The first-order valence-electron chi connectivity index (χ1n) is 7.82. The highest BCUT2D eigenvalue weighted by Gasteiger charge is 2.19. The van der Waals surface area contributed by atoms with Crippen LogP contribution in [0.4, 0.5) is 5.69 Å². The number of anilines is 1. The molecule has 0 aliphatic heterocycles. The fraction of sp³-hybridized carbons (Fsp3) is 0.158. The van der Waals surface area contributed by atoms with E-state index in [1.165, 1.54) is 6.07 Å². The van der Waals surface area contributed by atoms with Gasteiger partial charge in [0.25, 0.3) is 5.91 Å². The van der Waals surface area contributed by atoms with Crippen LogP contribution in [-0.4, -0.2) is 21.6 Å². The van der Waals surface area contributed by atoms with Crippen molar-refractivity contribution in [3.05, 3.63) is 64.3 Å². The largest absolute Gasteiger partial charge is 0.478 e. The molecule has 25 heavy (non-hydrogen) atoms. The Kier molecular flexibility index (Phi) is 4.63. The minimum Gasteiger partial charge on any atom is -0.478 e. The molecule has 2 aromatic carbocycles. The first-order chi connectivity index (χ1) is 11.9. The molecule has 3 aromatic rings. The fourth-order valence-electron chi connectivity index (χ4n) is 2.90. The van der Waals surface area contributed by atoms with E-state index in [0.717, 1.165) is 10.9 Å². The third-order valence-electron chi connectivity index (χ3n) is 3.96. The molecule has 0 aliphatic carbocycles. The van der Waals surface area contributed by atoms with E-state index >= 15 is 0 Å². The SMILES string of the molecule is CC(C)n1c(C(=O)Nc2ccc(Br)cc2C(=O)O)cc2ccccc21. The second-order valence-electron chi connectivity index (χ2n) is 6.00. The van der Waals surface area contributed by atoms with Crippen LogP contribution >= 0.6 is 15.9 Å². The minimum atomic E-state index is -1.10. The maximum Gasteiger partial charge on any atom is 0.337 e. The van der Waals surface area contributed by atoms with Gasteiger partial charge in [-0.3, -0.25) is 4.79 Å². The average molecular weight is 401 g/mol.